The maximum Gasteiger partial charge on any atom is 0.511 e. The Morgan fingerprint density at radius 2 is 1.59 bits per heavy atom. The lowest BCUT2D eigenvalue weighted by molar-refractivity contribution is -0.131. The van der Waals surface area contributed by atoms with Crippen LogP contribution in [-0.2, 0) is 9.53 Å². The first kappa shape index (κ1) is 25.7. The van der Waals surface area contributed by atoms with Gasteiger partial charge >= 0.3 is 6.16 Å². The van der Waals surface area contributed by atoms with Gasteiger partial charge in [0.1, 0.15) is 5.76 Å². The smallest absolute Gasteiger partial charge is 0.449 e. The van der Waals surface area contributed by atoms with E-state index in [2.05, 4.69) is 25.3 Å². The molecule has 2 N–H and O–H groups in total. The first-order chi connectivity index (χ1) is 18.8. The predicted molar refractivity (Wildman–Crippen MR) is 151 cm³/mol. The Morgan fingerprint density at radius 3 is 2.23 bits per heavy atom. The lowest BCUT2D eigenvalue weighted by atomic mass is 9.48. The lowest BCUT2D eigenvalue weighted by Gasteiger charge is -2.56. The summed E-state index contributed by atoms with van der Waals surface area (Å²) in [5.74, 6) is 2.24. The maximum absolute atomic E-state index is 14.0. The molecule has 0 heterocycles. The van der Waals surface area contributed by atoms with Crippen LogP contribution in [0, 0.1) is 34.5 Å². The van der Waals surface area contributed by atoms with Crippen molar-refractivity contribution < 1.29 is 19.4 Å². The molecule has 204 valence electrons. The summed E-state index contributed by atoms with van der Waals surface area (Å²) in [7, 11) is 0. The van der Waals surface area contributed by atoms with E-state index in [1.54, 1.807) is 0 Å². The van der Waals surface area contributed by atoms with Crippen LogP contribution in [0.15, 0.2) is 84.1 Å². The zero-order valence-corrected chi connectivity index (χ0v) is 22.8. The van der Waals surface area contributed by atoms with Crippen LogP contribution in [0.2, 0.25) is 0 Å². The topological polar surface area (TPSA) is 78.9 Å². The molecule has 2 aromatic carbocycles. The number of carbonyl (C=O) groups excluding carboxylic acids is 1. The third kappa shape index (κ3) is 4.44. The van der Waals surface area contributed by atoms with Gasteiger partial charge in [-0.15, -0.1) is 0 Å². The van der Waals surface area contributed by atoms with Crippen molar-refractivity contribution in [2.45, 2.75) is 58.8 Å². The largest absolute Gasteiger partial charge is 0.511 e. The van der Waals surface area contributed by atoms with E-state index in [0.717, 1.165) is 49.9 Å². The number of hydrogen-bond acceptors (Lipinski definition) is 4. The van der Waals surface area contributed by atoms with Crippen molar-refractivity contribution in [2.75, 3.05) is 5.01 Å². The Balaban J connectivity index is 1.23. The third-order valence-corrected chi connectivity index (χ3v) is 10.5. The van der Waals surface area contributed by atoms with Crippen LogP contribution in [0.1, 0.15) is 58.8 Å². The van der Waals surface area contributed by atoms with Crippen LogP contribution >= 0.6 is 0 Å². The molecule has 2 saturated carbocycles. The normalized spacial score (nSPS) is 33.0. The number of allylic oxidation sites excluding steroid dienone is 4. The molecule has 6 rings (SSSR count). The van der Waals surface area contributed by atoms with E-state index in [-0.39, 0.29) is 22.7 Å². The van der Waals surface area contributed by atoms with Crippen LogP contribution in [0.3, 0.4) is 0 Å². The summed E-state index contributed by atoms with van der Waals surface area (Å²) in [5, 5.41) is 11.0. The Morgan fingerprint density at radius 1 is 0.923 bits per heavy atom. The van der Waals surface area contributed by atoms with E-state index >= 15 is 0 Å². The van der Waals surface area contributed by atoms with Crippen LogP contribution in [0.25, 0.3) is 0 Å². The minimum atomic E-state index is -1.24. The molecule has 1 amide bonds. The molecule has 2 aromatic rings. The van der Waals surface area contributed by atoms with Gasteiger partial charge in [-0.3, -0.25) is 15.2 Å². The fourth-order valence-electron chi connectivity index (χ4n) is 8.54. The third-order valence-electron chi connectivity index (χ3n) is 10.5. The first-order valence-corrected chi connectivity index (χ1v) is 14.3. The Bertz CT molecular complexity index is 1270. The van der Waals surface area contributed by atoms with Crippen molar-refractivity contribution >= 4 is 23.4 Å². The minimum Gasteiger partial charge on any atom is -0.449 e. The number of fused-ring (bicyclic) bond motifs is 5. The van der Waals surface area contributed by atoms with E-state index in [9.17, 15) is 9.59 Å². The number of carboxylic acid groups (broad SMARTS) is 1. The monoisotopic (exact) mass is 526 g/mol. The molecule has 6 atom stereocenters. The van der Waals surface area contributed by atoms with E-state index in [1.807, 2.05) is 71.7 Å². The molecule has 0 aromatic heterocycles. The molecule has 6 heteroatoms. The van der Waals surface area contributed by atoms with Crippen molar-refractivity contribution in [3.8, 4) is 0 Å². The molecule has 4 aliphatic carbocycles. The Kier molecular flexibility index (Phi) is 6.52. The maximum atomic E-state index is 14.0. The molecule has 0 saturated heterocycles. The molecule has 2 fully saturated rings. The average molecular weight is 527 g/mol. The minimum absolute atomic E-state index is 0.0293. The van der Waals surface area contributed by atoms with Gasteiger partial charge in [0.05, 0.1) is 11.4 Å². The molecule has 1 unspecified atom stereocenters. The van der Waals surface area contributed by atoms with Gasteiger partial charge in [-0.25, -0.2) is 4.79 Å². The predicted octanol–water partition coefficient (Wildman–Crippen LogP) is 7.62. The summed E-state index contributed by atoms with van der Waals surface area (Å²) in [4.78, 5) is 25.1. The van der Waals surface area contributed by atoms with Gasteiger partial charge in [-0.2, -0.15) is 0 Å². The number of anilines is 2. The quantitative estimate of drug-likeness (QED) is 0.309. The number of hydrogen-bond donors (Lipinski definition) is 2. The Labute approximate surface area is 230 Å². The van der Waals surface area contributed by atoms with Gasteiger partial charge < -0.3 is 9.84 Å². The van der Waals surface area contributed by atoms with Crippen molar-refractivity contribution in [3.05, 3.63) is 84.1 Å². The van der Waals surface area contributed by atoms with E-state index in [0.29, 0.717) is 29.9 Å². The lowest BCUT2D eigenvalue weighted by Crippen LogP contribution is -2.52. The SMILES string of the molecule is C[C@]12CCC(OC(=O)O)=CC1=CC[C@@H]1[C@@H]2CC[C@]2(C)C(C(=O)NN(c3ccccc3)c3ccccc3)CC[C@@H]12. The average Bonchev–Trinajstić information content (AvgIpc) is 3.30. The van der Waals surface area contributed by atoms with E-state index in [1.165, 1.54) is 5.57 Å². The highest BCUT2D eigenvalue weighted by molar-refractivity contribution is 5.83. The van der Waals surface area contributed by atoms with Crippen molar-refractivity contribution in [2.24, 2.45) is 34.5 Å². The molecule has 0 bridgehead atoms. The van der Waals surface area contributed by atoms with Crippen molar-refractivity contribution in [1.82, 2.24) is 5.43 Å². The van der Waals surface area contributed by atoms with Crippen molar-refractivity contribution in [3.63, 3.8) is 0 Å². The summed E-state index contributed by atoms with van der Waals surface area (Å²) < 4.78 is 5.03. The molecule has 4 aliphatic rings. The number of amides is 1. The summed E-state index contributed by atoms with van der Waals surface area (Å²) in [6.45, 7) is 4.73. The highest BCUT2D eigenvalue weighted by Crippen LogP contribution is 2.66. The molecule has 0 radical (unpaired) electrons. The standard InChI is InChI=1S/C33H38N2O4/c1-32-19-17-25(39-31(37)38)21-22(32)13-14-26-27-15-16-29(33(27,2)20-18-28(26)32)30(36)34-35(23-9-5-3-6-10-23)24-11-7-4-8-12-24/h3-13,21,26-29H,14-20H2,1-2H3,(H,34,36)(H,37,38)/t26-,27-,28-,29?,32-,33-/m0/s1. The highest BCUT2D eigenvalue weighted by atomic mass is 16.7. The molecular weight excluding hydrogens is 488 g/mol. The number of hydrazine groups is 1. The van der Waals surface area contributed by atoms with Crippen LogP contribution < -0.4 is 10.4 Å². The van der Waals surface area contributed by atoms with Crippen molar-refractivity contribution in [1.29, 1.82) is 0 Å². The fourth-order valence-corrected chi connectivity index (χ4v) is 8.54. The molecule has 39 heavy (non-hydrogen) atoms. The molecular formula is C33H38N2O4. The summed E-state index contributed by atoms with van der Waals surface area (Å²) in [6.07, 6.45) is 9.76. The number of nitrogens with one attached hydrogen (secondary N) is 1. The van der Waals surface area contributed by atoms with E-state index in [4.69, 9.17) is 9.84 Å². The number of benzene rings is 2. The zero-order valence-electron chi connectivity index (χ0n) is 22.8. The van der Waals surface area contributed by atoms with Gasteiger partial charge in [0, 0.05) is 12.3 Å². The van der Waals surface area contributed by atoms with Crippen LogP contribution in [0.4, 0.5) is 16.2 Å². The number of ether oxygens (including phenoxy) is 1. The van der Waals surface area contributed by atoms with Gasteiger partial charge in [0.2, 0.25) is 5.91 Å². The first-order valence-electron chi connectivity index (χ1n) is 14.3. The second-order valence-corrected chi connectivity index (χ2v) is 12.3. The van der Waals surface area contributed by atoms with Gasteiger partial charge in [0.25, 0.3) is 0 Å². The second kappa shape index (κ2) is 9.89. The van der Waals surface area contributed by atoms with Gasteiger partial charge in [0.15, 0.2) is 0 Å². The van der Waals surface area contributed by atoms with Crippen LogP contribution in [0.5, 0.6) is 0 Å². The number of rotatable bonds is 5. The summed E-state index contributed by atoms with van der Waals surface area (Å²) in [5.41, 5.74) is 6.43. The van der Waals surface area contributed by atoms with E-state index < -0.39 is 6.16 Å². The number of nitrogens with zero attached hydrogens (tertiary/aromatic N) is 1. The zero-order chi connectivity index (χ0) is 27.2. The number of carbonyl (C=O) groups is 2. The summed E-state index contributed by atoms with van der Waals surface area (Å²) >= 11 is 0. The molecule has 0 aliphatic heterocycles. The highest BCUT2D eigenvalue weighted by Gasteiger charge is 2.59. The van der Waals surface area contributed by atoms with Crippen LogP contribution in [-0.4, -0.2) is 17.2 Å². The second-order valence-electron chi connectivity index (χ2n) is 12.3. The molecule has 0 spiro atoms. The Hall–Kier alpha value is -3.54. The van der Waals surface area contributed by atoms with Gasteiger partial charge in [-0.1, -0.05) is 56.3 Å². The van der Waals surface area contributed by atoms with Gasteiger partial charge in [-0.05, 0) is 103 Å². The molecule has 6 nitrogen and oxygen atoms in total. The summed E-state index contributed by atoms with van der Waals surface area (Å²) in [6, 6.07) is 20.0. The fraction of sp³-hybridized carbons (Fsp3) is 0.455. The number of para-hydroxylation sites is 2.